The van der Waals surface area contributed by atoms with Crippen LogP contribution < -0.4 is 10.6 Å². The number of nitrogens with one attached hydrogen (secondary N) is 4. The lowest BCUT2D eigenvalue weighted by atomic mass is 9.91. The zero-order valence-electron chi connectivity index (χ0n) is 38.4. The first-order chi connectivity index (χ1) is 32.0. The molecule has 9 rings (SSSR count). The van der Waals surface area contributed by atoms with E-state index in [1.165, 1.54) is 14.2 Å². The van der Waals surface area contributed by atoms with Crippen LogP contribution in [-0.4, -0.2) is 127 Å². The number of fused-ring (bicyclic) bond motifs is 3. The third-order valence-corrected chi connectivity index (χ3v) is 16.9. The second-order valence-electron chi connectivity index (χ2n) is 19.2. The number of hydrogen-bond acceptors (Lipinski definition) is 10. The number of methoxy groups -OCH3 is 2. The maximum Gasteiger partial charge on any atom is 0.407 e. The van der Waals surface area contributed by atoms with Crippen LogP contribution in [0.2, 0.25) is 19.1 Å². The highest BCUT2D eigenvalue weighted by atomic mass is 28.3. The van der Waals surface area contributed by atoms with E-state index in [0.29, 0.717) is 52.0 Å². The van der Waals surface area contributed by atoms with Crippen LogP contribution in [0.4, 0.5) is 9.59 Å². The number of benzene rings is 3. The molecule has 0 saturated carbocycles. The Morgan fingerprint density at radius 2 is 1.35 bits per heavy atom. The standard InChI is InChI=1S/C49H62N8O8Si/c1-62-48(60)54-41(32-8-6-22-64-24-19-32)46(58)56-21-5-10-39(56)45-51-37-18-16-35-26-34(15-17-36(35)43(37)53-45)30-11-13-31(14-12-30)38-27-50-44(52-38)40-28-66(3,4)29-57(40)47(59)42(55-49(61)63-2)33-9-7-23-65-25-20-33/h11-18,26-27,32-33,39-42H,5-10,19-25,28-29H2,1-4H3,(H,50,52)(H,51,53)(H,54,60)(H,55,61)/t32?,33?,39-,40+,41-,42-/m1/s1. The van der Waals surface area contributed by atoms with Gasteiger partial charge in [-0.05, 0) is 103 Å². The summed E-state index contributed by atoms with van der Waals surface area (Å²) in [6.07, 6.45) is 7.55. The van der Waals surface area contributed by atoms with E-state index in [4.69, 9.17) is 28.9 Å². The number of alkyl carbamates (subject to hydrolysis) is 2. The summed E-state index contributed by atoms with van der Waals surface area (Å²) in [5, 5.41) is 7.82. The van der Waals surface area contributed by atoms with Gasteiger partial charge in [0.25, 0.3) is 0 Å². The van der Waals surface area contributed by atoms with E-state index < -0.39 is 32.3 Å². The van der Waals surface area contributed by atoms with Crippen LogP contribution >= 0.6 is 0 Å². The highest BCUT2D eigenvalue weighted by Crippen LogP contribution is 2.40. The number of aromatic amines is 2. The number of carbonyl (C=O) groups is 4. The second kappa shape index (κ2) is 19.6. The molecule has 350 valence electrons. The summed E-state index contributed by atoms with van der Waals surface area (Å²) in [7, 11) is 0.838. The summed E-state index contributed by atoms with van der Waals surface area (Å²) in [4.78, 5) is 74.6. The molecule has 16 nitrogen and oxygen atoms in total. The fourth-order valence-corrected chi connectivity index (χ4v) is 13.6. The Bertz CT molecular complexity index is 2550. The van der Waals surface area contributed by atoms with E-state index in [-0.39, 0.29) is 35.7 Å². The summed E-state index contributed by atoms with van der Waals surface area (Å²) >= 11 is 0. The molecule has 0 bridgehead atoms. The fraction of sp³-hybridized carbons (Fsp3) is 0.510. The van der Waals surface area contributed by atoms with Gasteiger partial charge in [-0.15, -0.1) is 0 Å². The normalized spacial score (nSPS) is 23.2. The van der Waals surface area contributed by atoms with E-state index in [1.807, 2.05) is 16.0 Å². The summed E-state index contributed by atoms with van der Waals surface area (Å²) in [5.74, 6) is 1.21. The predicted molar refractivity (Wildman–Crippen MR) is 252 cm³/mol. The van der Waals surface area contributed by atoms with E-state index in [9.17, 15) is 19.2 Å². The van der Waals surface area contributed by atoms with Crippen molar-refractivity contribution >= 4 is 53.9 Å². The van der Waals surface area contributed by atoms with Gasteiger partial charge in [0.2, 0.25) is 11.8 Å². The third-order valence-electron chi connectivity index (χ3n) is 14.2. The molecule has 5 aromatic rings. The predicted octanol–water partition coefficient (Wildman–Crippen LogP) is 7.65. The molecule has 66 heavy (non-hydrogen) atoms. The SMILES string of the molecule is COC(=O)N[C@@H](C(=O)N1CCC[C@@H]1c1nc2c(ccc3cc(-c4ccc(-c5cnc([C@@H]6C[Si](C)(C)CN6C(=O)[C@H](NC(=O)OC)C6CCCOCC6)[nH]5)cc4)ccc32)[nH]1)C1CCCOCC1. The Labute approximate surface area is 385 Å². The van der Waals surface area contributed by atoms with Gasteiger partial charge < -0.3 is 49.3 Å². The lowest BCUT2D eigenvalue weighted by molar-refractivity contribution is -0.136. The molecule has 3 aromatic carbocycles. The summed E-state index contributed by atoms with van der Waals surface area (Å²) in [5.41, 5.74) is 5.74. The number of carbonyl (C=O) groups excluding carboxylic acids is 4. The van der Waals surface area contributed by atoms with Crippen LogP contribution in [-0.2, 0) is 28.5 Å². The van der Waals surface area contributed by atoms with Crippen molar-refractivity contribution in [1.82, 2.24) is 40.4 Å². The average molecular weight is 919 g/mol. The Hall–Kier alpha value is -5.78. The van der Waals surface area contributed by atoms with Crippen LogP contribution in [0, 0.1) is 11.8 Å². The van der Waals surface area contributed by atoms with Crippen molar-refractivity contribution < 1.29 is 38.1 Å². The molecule has 17 heteroatoms. The van der Waals surface area contributed by atoms with Crippen molar-refractivity contribution in [1.29, 1.82) is 0 Å². The average Bonchev–Trinajstić information content (AvgIpc) is 4.09. The van der Waals surface area contributed by atoms with Gasteiger partial charge >= 0.3 is 12.2 Å². The molecule has 4 fully saturated rings. The fourth-order valence-electron chi connectivity index (χ4n) is 10.7. The van der Waals surface area contributed by atoms with E-state index >= 15 is 0 Å². The van der Waals surface area contributed by atoms with Gasteiger partial charge in [0.1, 0.15) is 23.7 Å². The summed E-state index contributed by atoms with van der Waals surface area (Å²) in [6.45, 7) is 7.61. The molecule has 6 heterocycles. The Morgan fingerprint density at radius 1 is 0.712 bits per heavy atom. The molecule has 0 aliphatic carbocycles. The van der Waals surface area contributed by atoms with Crippen molar-refractivity contribution in [3.05, 3.63) is 72.4 Å². The lowest BCUT2D eigenvalue weighted by Crippen LogP contribution is -2.53. The quantitative estimate of drug-likeness (QED) is 0.101. The van der Waals surface area contributed by atoms with Gasteiger partial charge in [-0.1, -0.05) is 55.6 Å². The molecule has 6 atom stereocenters. The second-order valence-corrected chi connectivity index (χ2v) is 24.2. The minimum atomic E-state index is -1.81. The molecule has 4 saturated heterocycles. The Morgan fingerprint density at radius 3 is 2.02 bits per heavy atom. The maximum absolute atomic E-state index is 14.4. The number of likely N-dealkylation sites (tertiary alicyclic amines) is 1. The van der Waals surface area contributed by atoms with Crippen molar-refractivity contribution in [2.24, 2.45) is 11.8 Å². The number of rotatable bonds is 10. The molecule has 4 amide bonds. The molecule has 0 radical (unpaired) electrons. The van der Waals surface area contributed by atoms with Gasteiger partial charge in [-0.2, -0.15) is 0 Å². The molecule has 4 N–H and O–H groups in total. The van der Waals surface area contributed by atoms with Crippen molar-refractivity contribution in [2.75, 3.05) is 53.4 Å². The topological polar surface area (TPSA) is 193 Å². The third kappa shape index (κ3) is 9.56. The van der Waals surface area contributed by atoms with Crippen LogP contribution in [0.25, 0.3) is 44.2 Å². The van der Waals surface area contributed by atoms with Crippen LogP contribution in [0.1, 0.15) is 75.1 Å². The van der Waals surface area contributed by atoms with E-state index in [0.717, 1.165) is 100 Å². The van der Waals surface area contributed by atoms with Gasteiger partial charge in [-0.3, -0.25) is 9.59 Å². The van der Waals surface area contributed by atoms with E-state index in [2.05, 4.69) is 88.3 Å². The lowest BCUT2D eigenvalue weighted by Gasteiger charge is -2.32. The Kier molecular flexibility index (Phi) is 13.5. The largest absolute Gasteiger partial charge is 0.453 e. The van der Waals surface area contributed by atoms with Crippen molar-refractivity contribution in [3.8, 4) is 22.4 Å². The van der Waals surface area contributed by atoms with Gasteiger partial charge in [0, 0.05) is 44.5 Å². The van der Waals surface area contributed by atoms with Crippen LogP contribution in [0.5, 0.6) is 0 Å². The first-order valence-electron chi connectivity index (χ1n) is 23.5. The van der Waals surface area contributed by atoms with E-state index in [1.54, 1.807) is 0 Å². The molecule has 2 unspecified atom stereocenters. The van der Waals surface area contributed by atoms with Crippen molar-refractivity contribution in [2.45, 2.75) is 94.7 Å². The Balaban J connectivity index is 0.914. The molecule has 0 spiro atoms. The smallest absolute Gasteiger partial charge is 0.407 e. The maximum atomic E-state index is 14.4. The number of ether oxygens (including phenoxy) is 4. The molecular formula is C49H62N8O8Si. The number of aromatic nitrogens is 4. The zero-order valence-corrected chi connectivity index (χ0v) is 39.4. The first-order valence-corrected chi connectivity index (χ1v) is 26.9. The molecule has 4 aliphatic heterocycles. The number of imidazole rings is 2. The van der Waals surface area contributed by atoms with Gasteiger partial charge in [0.15, 0.2) is 0 Å². The van der Waals surface area contributed by atoms with Gasteiger partial charge in [0.05, 0.1) is 57.3 Å². The summed E-state index contributed by atoms with van der Waals surface area (Å²) < 4.78 is 21.3. The highest BCUT2D eigenvalue weighted by Gasteiger charge is 2.47. The minimum Gasteiger partial charge on any atom is -0.453 e. The number of hydrogen-bond donors (Lipinski definition) is 4. The zero-order chi connectivity index (χ0) is 46.0. The van der Waals surface area contributed by atoms with Gasteiger partial charge in [-0.25, -0.2) is 19.6 Å². The number of H-pyrrole nitrogens is 2. The molecule has 2 aromatic heterocycles. The molecular weight excluding hydrogens is 857 g/mol. The number of amides is 4. The monoisotopic (exact) mass is 918 g/mol. The van der Waals surface area contributed by atoms with Crippen LogP contribution in [0.3, 0.4) is 0 Å². The number of nitrogens with zero attached hydrogens (tertiary/aromatic N) is 4. The summed E-state index contributed by atoms with van der Waals surface area (Å²) in [6, 6.07) is 18.0. The minimum absolute atomic E-state index is 0.0463. The molecule has 4 aliphatic rings. The highest BCUT2D eigenvalue weighted by molar-refractivity contribution is 6.78. The first kappa shape index (κ1) is 45.4. The van der Waals surface area contributed by atoms with Crippen molar-refractivity contribution in [3.63, 3.8) is 0 Å². The van der Waals surface area contributed by atoms with Crippen LogP contribution in [0.15, 0.2) is 60.8 Å².